The van der Waals surface area contributed by atoms with E-state index >= 15 is 0 Å². The number of aromatic amines is 1. The number of H-pyrrole nitrogens is 1. The summed E-state index contributed by atoms with van der Waals surface area (Å²) in [6, 6.07) is 0. The molecule has 9 heteroatoms. The second-order valence-corrected chi connectivity index (χ2v) is 6.85. The number of rotatable bonds is 4. The van der Waals surface area contributed by atoms with Gasteiger partial charge in [0.25, 0.3) is 5.56 Å². The van der Waals surface area contributed by atoms with Gasteiger partial charge in [0.05, 0.1) is 5.69 Å². The van der Waals surface area contributed by atoms with Crippen molar-refractivity contribution < 1.29 is 4.79 Å². The zero-order valence-corrected chi connectivity index (χ0v) is 14.7. The summed E-state index contributed by atoms with van der Waals surface area (Å²) in [5.74, 6) is -0.187. The standard InChI is InChI=1S/C15H18N6O2S/c1-7-10(5-6-11(22)16-15-19-18-9(3)24-15)14(23)17-13-12(7)8(2)20-21(13)4/h5-6H2,1-4H3,(H,17,23)(H,16,19,22). The zero-order valence-electron chi connectivity index (χ0n) is 13.9. The van der Waals surface area contributed by atoms with Gasteiger partial charge in [0, 0.05) is 24.4 Å². The van der Waals surface area contributed by atoms with Crippen LogP contribution in [0.25, 0.3) is 11.0 Å². The van der Waals surface area contributed by atoms with E-state index in [0.29, 0.717) is 22.8 Å². The van der Waals surface area contributed by atoms with Crippen LogP contribution in [-0.4, -0.2) is 30.9 Å². The van der Waals surface area contributed by atoms with Crippen LogP contribution in [0, 0.1) is 20.8 Å². The molecule has 3 heterocycles. The topological polar surface area (TPSA) is 106 Å². The maximum atomic E-state index is 12.3. The van der Waals surface area contributed by atoms with Crippen molar-refractivity contribution in [1.82, 2.24) is 25.0 Å². The number of nitrogens with zero attached hydrogens (tertiary/aromatic N) is 4. The Balaban J connectivity index is 1.81. The fourth-order valence-corrected chi connectivity index (χ4v) is 3.43. The lowest BCUT2D eigenvalue weighted by atomic mass is 10.0. The lowest BCUT2D eigenvalue weighted by Gasteiger charge is -2.07. The molecular formula is C15H18N6O2S. The highest BCUT2D eigenvalue weighted by Gasteiger charge is 2.16. The first-order chi connectivity index (χ1) is 11.4. The monoisotopic (exact) mass is 346 g/mol. The van der Waals surface area contributed by atoms with Crippen LogP contribution in [0.15, 0.2) is 4.79 Å². The molecule has 0 fully saturated rings. The highest BCUT2D eigenvalue weighted by molar-refractivity contribution is 7.15. The van der Waals surface area contributed by atoms with Crippen LogP contribution in [0.3, 0.4) is 0 Å². The molecule has 3 aromatic heterocycles. The highest BCUT2D eigenvalue weighted by Crippen LogP contribution is 2.21. The zero-order chi connectivity index (χ0) is 17.4. The Hall–Kier alpha value is -2.55. The van der Waals surface area contributed by atoms with E-state index in [1.807, 2.05) is 20.8 Å². The largest absolute Gasteiger partial charge is 0.307 e. The third-order valence-corrected chi connectivity index (χ3v) is 4.68. The Morgan fingerprint density at radius 1 is 1.29 bits per heavy atom. The summed E-state index contributed by atoms with van der Waals surface area (Å²) in [5, 5.41) is 17.0. The van der Waals surface area contributed by atoms with Crippen molar-refractivity contribution in [2.24, 2.45) is 7.05 Å². The molecule has 0 bridgehead atoms. The molecule has 8 nitrogen and oxygen atoms in total. The van der Waals surface area contributed by atoms with Crippen molar-refractivity contribution in [2.75, 3.05) is 5.32 Å². The fraction of sp³-hybridized carbons (Fsp3) is 0.400. The molecule has 24 heavy (non-hydrogen) atoms. The van der Waals surface area contributed by atoms with Crippen molar-refractivity contribution in [3.8, 4) is 0 Å². The number of aromatic nitrogens is 5. The van der Waals surface area contributed by atoms with Crippen LogP contribution in [0.1, 0.15) is 28.2 Å². The number of fused-ring (bicyclic) bond motifs is 1. The number of carbonyl (C=O) groups excluding carboxylic acids is 1. The van der Waals surface area contributed by atoms with Gasteiger partial charge in [-0.25, -0.2) is 0 Å². The number of carbonyl (C=O) groups is 1. The summed E-state index contributed by atoms with van der Waals surface area (Å²) >= 11 is 1.32. The lowest BCUT2D eigenvalue weighted by molar-refractivity contribution is -0.116. The Morgan fingerprint density at radius 2 is 2.04 bits per heavy atom. The molecule has 0 radical (unpaired) electrons. The minimum Gasteiger partial charge on any atom is -0.307 e. The molecule has 126 valence electrons. The van der Waals surface area contributed by atoms with Crippen molar-refractivity contribution in [3.05, 3.63) is 32.2 Å². The van der Waals surface area contributed by atoms with E-state index in [1.165, 1.54) is 11.3 Å². The van der Waals surface area contributed by atoms with Gasteiger partial charge in [-0.05, 0) is 32.8 Å². The van der Waals surface area contributed by atoms with Crippen LogP contribution < -0.4 is 10.9 Å². The summed E-state index contributed by atoms with van der Waals surface area (Å²) in [6.45, 7) is 5.62. The van der Waals surface area contributed by atoms with Crippen LogP contribution in [-0.2, 0) is 18.3 Å². The van der Waals surface area contributed by atoms with Gasteiger partial charge in [-0.3, -0.25) is 14.3 Å². The second kappa shape index (κ2) is 6.16. The Bertz CT molecular complexity index is 984. The summed E-state index contributed by atoms with van der Waals surface area (Å²) < 4.78 is 1.66. The van der Waals surface area contributed by atoms with Crippen LogP contribution in [0.4, 0.5) is 5.13 Å². The average Bonchev–Trinajstić information content (AvgIpc) is 3.02. The molecule has 3 rings (SSSR count). The second-order valence-electron chi connectivity index (χ2n) is 5.66. The summed E-state index contributed by atoms with van der Waals surface area (Å²) in [6.07, 6.45) is 0.558. The van der Waals surface area contributed by atoms with E-state index in [-0.39, 0.29) is 17.9 Å². The molecule has 0 saturated carbocycles. The van der Waals surface area contributed by atoms with E-state index in [0.717, 1.165) is 21.7 Å². The summed E-state index contributed by atoms with van der Waals surface area (Å²) in [7, 11) is 1.79. The minimum atomic E-state index is -0.187. The number of nitrogens with one attached hydrogen (secondary N) is 2. The normalized spacial score (nSPS) is 11.2. The maximum absolute atomic E-state index is 12.3. The smallest absolute Gasteiger partial charge is 0.253 e. The van der Waals surface area contributed by atoms with Crippen molar-refractivity contribution in [3.63, 3.8) is 0 Å². The van der Waals surface area contributed by atoms with E-state index in [1.54, 1.807) is 11.7 Å². The van der Waals surface area contributed by atoms with Gasteiger partial charge >= 0.3 is 0 Å². The molecule has 2 N–H and O–H groups in total. The Morgan fingerprint density at radius 3 is 2.71 bits per heavy atom. The predicted molar refractivity (Wildman–Crippen MR) is 92.4 cm³/mol. The molecule has 0 aliphatic rings. The predicted octanol–water partition coefficient (Wildman–Crippen LogP) is 1.61. The number of hydrogen-bond donors (Lipinski definition) is 2. The van der Waals surface area contributed by atoms with Crippen LogP contribution in [0.2, 0.25) is 0 Å². The quantitative estimate of drug-likeness (QED) is 0.746. The van der Waals surface area contributed by atoms with Gasteiger partial charge < -0.3 is 10.3 Å². The van der Waals surface area contributed by atoms with E-state index in [9.17, 15) is 9.59 Å². The number of aryl methyl sites for hydroxylation is 4. The Kier molecular flexibility index (Phi) is 4.18. The van der Waals surface area contributed by atoms with Gasteiger partial charge in [0.15, 0.2) is 0 Å². The Labute approximate surface area is 141 Å². The SMILES string of the molecule is Cc1nnc(NC(=O)CCc2c(C)c3c(C)nn(C)c3[nH]c2=O)s1. The molecule has 0 aliphatic heterocycles. The van der Waals surface area contributed by atoms with Crippen LogP contribution in [0.5, 0.6) is 0 Å². The molecule has 1 amide bonds. The third kappa shape index (κ3) is 2.94. The van der Waals surface area contributed by atoms with Gasteiger partial charge in [-0.1, -0.05) is 11.3 Å². The first kappa shape index (κ1) is 16.3. The van der Waals surface area contributed by atoms with Gasteiger partial charge in [-0.15, -0.1) is 10.2 Å². The maximum Gasteiger partial charge on any atom is 0.253 e. The van der Waals surface area contributed by atoms with E-state index in [4.69, 9.17) is 0 Å². The molecule has 0 aliphatic carbocycles. The summed E-state index contributed by atoms with van der Waals surface area (Å²) in [4.78, 5) is 27.3. The van der Waals surface area contributed by atoms with Gasteiger partial charge in [-0.2, -0.15) is 5.10 Å². The highest BCUT2D eigenvalue weighted by atomic mass is 32.1. The minimum absolute atomic E-state index is 0.178. The van der Waals surface area contributed by atoms with Gasteiger partial charge in [0.1, 0.15) is 10.7 Å². The number of anilines is 1. The number of hydrogen-bond acceptors (Lipinski definition) is 6. The van der Waals surface area contributed by atoms with Crippen molar-refractivity contribution in [2.45, 2.75) is 33.6 Å². The molecule has 0 saturated heterocycles. The number of pyridine rings is 1. The summed E-state index contributed by atoms with van der Waals surface area (Å²) in [5.41, 5.74) is 2.87. The molecule has 0 atom stereocenters. The van der Waals surface area contributed by atoms with E-state index in [2.05, 4.69) is 25.6 Å². The molecular weight excluding hydrogens is 328 g/mol. The van der Waals surface area contributed by atoms with E-state index < -0.39 is 0 Å². The average molecular weight is 346 g/mol. The first-order valence-electron chi connectivity index (χ1n) is 7.52. The van der Waals surface area contributed by atoms with Crippen molar-refractivity contribution in [1.29, 1.82) is 0 Å². The van der Waals surface area contributed by atoms with Crippen LogP contribution >= 0.6 is 11.3 Å². The first-order valence-corrected chi connectivity index (χ1v) is 8.33. The molecule has 0 unspecified atom stereocenters. The molecule has 0 spiro atoms. The fourth-order valence-electron chi connectivity index (χ4n) is 2.82. The van der Waals surface area contributed by atoms with Crippen molar-refractivity contribution >= 4 is 33.4 Å². The number of amides is 1. The molecule has 3 aromatic rings. The lowest BCUT2D eigenvalue weighted by Crippen LogP contribution is -2.19. The third-order valence-electron chi connectivity index (χ3n) is 3.93. The van der Waals surface area contributed by atoms with Gasteiger partial charge in [0.2, 0.25) is 11.0 Å². The molecule has 0 aromatic carbocycles.